The van der Waals surface area contributed by atoms with Gasteiger partial charge in [-0.15, -0.1) is 0 Å². The number of rotatable bonds is 7. The largest absolute Gasteiger partial charge is 0.508 e. The van der Waals surface area contributed by atoms with Crippen LogP contribution < -0.4 is 5.32 Å². The number of carbonyl (C=O) groups excluding carboxylic acids is 1. The molecule has 1 aliphatic rings. The van der Waals surface area contributed by atoms with Gasteiger partial charge in [0, 0.05) is 31.7 Å². The maximum atomic E-state index is 12.8. The van der Waals surface area contributed by atoms with E-state index in [4.69, 9.17) is 9.26 Å². The first-order chi connectivity index (χ1) is 16.0. The van der Waals surface area contributed by atoms with Gasteiger partial charge in [-0.3, -0.25) is 9.69 Å². The Bertz CT molecular complexity index is 1120. The van der Waals surface area contributed by atoms with Crippen LogP contribution in [0.25, 0.3) is 22.5 Å². The number of phenolic OH excluding ortho intramolecular Hbond substituents is 1. The summed E-state index contributed by atoms with van der Waals surface area (Å²) < 4.78 is 11.2. The van der Waals surface area contributed by atoms with Crippen molar-refractivity contribution in [3.8, 4) is 28.2 Å². The number of carbonyl (C=O) groups is 1. The number of aromatic nitrogens is 1. The maximum absolute atomic E-state index is 12.8. The summed E-state index contributed by atoms with van der Waals surface area (Å²) >= 11 is 0. The van der Waals surface area contributed by atoms with Crippen LogP contribution in [-0.2, 0) is 17.7 Å². The van der Waals surface area contributed by atoms with Gasteiger partial charge in [0.25, 0.3) is 5.91 Å². The number of ether oxygens (including phenoxy) is 1. The van der Waals surface area contributed by atoms with Crippen molar-refractivity contribution in [1.29, 1.82) is 0 Å². The Morgan fingerprint density at radius 2 is 1.88 bits per heavy atom. The molecule has 4 rings (SSSR count). The number of nitrogens with zero attached hydrogens (tertiary/aromatic N) is 2. The Kier molecular flexibility index (Phi) is 7.11. The van der Waals surface area contributed by atoms with Gasteiger partial charge in [0.1, 0.15) is 5.75 Å². The van der Waals surface area contributed by atoms with E-state index in [0.29, 0.717) is 24.3 Å². The minimum Gasteiger partial charge on any atom is -0.508 e. The van der Waals surface area contributed by atoms with Gasteiger partial charge in [-0.2, -0.15) is 0 Å². The smallest absolute Gasteiger partial charge is 0.274 e. The maximum Gasteiger partial charge on any atom is 0.274 e. The summed E-state index contributed by atoms with van der Waals surface area (Å²) in [4.78, 5) is 15.2. The summed E-state index contributed by atoms with van der Waals surface area (Å²) in [5.74, 6) is 0.521. The van der Waals surface area contributed by atoms with Crippen LogP contribution in [0, 0.1) is 6.92 Å². The number of hydrogen-bond acceptors (Lipinski definition) is 6. The van der Waals surface area contributed by atoms with Crippen molar-refractivity contribution < 1.29 is 19.2 Å². The highest BCUT2D eigenvalue weighted by Crippen LogP contribution is 2.39. The normalized spacial score (nSPS) is 14.4. The molecule has 2 aromatic carbocycles. The summed E-state index contributed by atoms with van der Waals surface area (Å²) in [6.45, 7) is 10.5. The third kappa shape index (κ3) is 4.94. The predicted molar refractivity (Wildman–Crippen MR) is 127 cm³/mol. The molecular formula is C26H31N3O4. The molecule has 1 saturated heterocycles. The zero-order chi connectivity index (χ0) is 23.4. The highest BCUT2D eigenvalue weighted by molar-refractivity contribution is 6.02. The van der Waals surface area contributed by atoms with E-state index in [1.165, 1.54) is 5.56 Å². The molecule has 0 aliphatic carbocycles. The van der Waals surface area contributed by atoms with Crippen molar-refractivity contribution in [2.24, 2.45) is 0 Å². The van der Waals surface area contributed by atoms with Crippen LogP contribution in [0.5, 0.6) is 5.75 Å². The van der Waals surface area contributed by atoms with E-state index < -0.39 is 0 Å². The number of benzene rings is 2. The van der Waals surface area contributed by atoms with Gasteiger partial charge in [-0.1, -0.05) is 36.3 Å². The number of amides is 1. The van der Waals surface area contributed by atoms with Crippen LogP contribution in [0.15, 0.2) is 40.9 Å². The highest BCUT2D eigenvalue weighted by atomic mass is 16.5. The first-order valence-electron chi connectivity index (χ1n) is 11.5. The van der Waals surface area contributed by atoms with Crippen LogP contribution in [-0.4, -0.2) is 53.9 Å². The Balaban J connectivity index is 1.75. The molecular weight excluding hydrogens is 418 g/mol. The first kappa shape index (κ1) is 23.0. The summed E-state index contributed by atoms with van der Waals surface area (Å²) in [7, 11) is 0. The van der Waals surface area contributed by atoms with Gasteiger partial charge in [-0.25, -0.2) is 0 Å². The zero-order valence-corrected chi connectivity index (χ0v) is 19.5. The molecule has 33 heavy (non-hydrogen) atoms. The molecule has 0 radical (unpaired) electrons. The second-order valence-electron chi connectivity index (χ2n) is 8.33. The Morgan fingerprint density at radius 1 is 1.15 bits per heavy atom. The molecule has 0 bridgehead atoms. The quantitative estimate of drug-likeness (QED) is 0.563. The molecule has 0 atom stereocenters. The fraction of sp³-hybridized carbons (Fsp3) is 0.385. The Labute approximate surface area is 194 Å². The van der Waals surface area contributed by atoms with E-state index in [-0.39, 0.29) is 17.4 Å². The third-order valence-corrected chi connectivity index (χ3v) is 6.05. The van der Waals surface area contributed by atoms with Crippen LogP contribution in [0.1, 0.15) is 41.0 Å². The van der Waals surface area contributed by atoms with E-state index in [9.17, 15) is 9.90 Å². The molecule has 174 valence electrons. The average molecular weight is 450 g/mol. The minimum absolute atomic E-state index is 0.260. The molecule has 7 nitrogen and oxygen atoms in total. The van der Waals surface area contributed by atoms with Gasteiger partial charge >= 0.3 is 0 Å². The van der Waals surface area contributed by atoms with Crippen molar-refractivity contribution in [1.82, 2.24) is 15.4 Å². The summed E-state index contributed by atoms with van der Waals surface area (Å²) in [5, 5.41) is 17.2. The number of nitrogens with one attached hydrogen (secondary N) is 1. The van der Waals surface area contributed by atoms with Gasteiger partial charge < -0.3 is 19.7 Å². The number of morpholine rings is 1. The van der Waals surface area contributed by atoms with E-state index in [1.807, 2.05) is 39.0 Å². The fourth-order valence-corrected chi connectivity index (χ4v) is 4.20. The van der Waals surface area contributed by atoms with Crippen LogP contribution in [0.3, 0.4) is 0 Å². The SMILES string of the molecule is CCNC(=O)c1noc(-c2cc(CC)c(O)cc2C)c1-c1ccc(CN2CCOCC2)cc1. The summed E-state index contributed by atoms with van der Waals surface area (Å²) in [6, 6.07) is 11.9. The van der Waals surface area contributed by atoms with Gasteiger partial charge in [0.2, 0.25) is 0 Å². The molecule has 7 heteroatoms. The molecule has 1 aromatic heterocycles. The fourth-order valence-electron chi connectivity index (χ4n) is 4.20. The second kappa shape index (κ2) is 10.2. The zero-order valence-electron chi connectivity index (χ0n) is 19.5. The van der Waals surface area contributed by atoms with Crippen molar-refractivity contribution >= 4 is 5.91 Å². The molecule has 1 aliphatic heterocycles. The minimum atomic E-state index is -0.271. The first-order valence-corrected chi connectivity index (χ1v) is 11.5. The van der Waals surface area contributed by atoms with E-state index in [2.05, 4.69) is 27.5 Å². The second-order valence-corrected chi connectivity index (χ2v) is 8.33. The van der Waals surface area contributed by atoms with Crippen LogP contribution in [0.4, 0.5) is 0 Å². The molecule has 3 aromatic rings. The third-order valence-electron chi connectivity index (χ3n) is 6.05. The molecule has 1 fully saturated rings. The lowest BCUT2D eigenvalue weighted by atomic mass is 9.94. The predicted octanol–water partition coefficient (Wildman–Crippen LogP) is 4.17. The molecule has 2 heterocycles. The molecule has 2 N–H and O–H groups in total. The number of aryl methyl sites for hydroxylation is 2. The van der Waals surface area contributed by atoms with E-state index >= 15 is 0 Å². The average Bonchev–Trinajstić information content (AvgIpc) is 3.25. The van der Waals surface area contributed by atoms with Crippen LogP contribution in [0.2, 0.25) is 0 Å². The summed E-state index contributed by atoms with van der Waals surface area (Å²) in [5.41, 5.74) is 5.48. The lowest BCUT2D eigenvalue weighted by Gasteiger charge is -2.26. The molecule has 1 amide bonds. The Morgan fingerprint density at radius 3 is 2.55 bits per heavy atom. The Hall–Kier alpha value is -3.16. The summed E-state index contributed by atoms with van der Waals surface area (Å²) in [6.07, 6.45) is 0.683. The molecule has 0 spiro atoms. The van der Waals surface area contributed by atoms with Crippen molar-refractivity contribution in [3.63, 3.8) is 0 Å². The number of aromatic hydroxyl groups is 1. The van der Waals surface area contributed by atoms with E-state index in [0.717, 1.165) is 55.1 Å². The molecule has 0 saturated carbocycles. The molecule has 0 unspecified atom stereocenters. The van der Waals surface area contributed by atoms with Gasteiger partial charge in [0.15, 0.2) is 11.5 Å². The topological polar surface area (TPSA) is 87.8 Å². The lowest BCUT2D eigenvalue weighted by molar-refractivity contribution is 0.0342. The number of phenols is 1. The number of hydrogen-bond donors (Lipinski definition) is 2. The van der Waals surface area contributed by atoms with Crippen molar-refractivity contribution in [2.75, 3.05) is 32.8 Å². The van der Waals surface area contributed by atoms with Crippen molar-refractivity contribution in [2.45, 2.75) is 33.7 Å². The van der Waals surface area contributed by atoms with Crippen LogP contribution >= 0.6 is 0 Å². The van der Waals surface area contributed by atoms with Gasteiger partial charge in [0.05, 0.1) is 18.8 Å². The van der Waals surface area contributed by atoms with Crippen molar-refractivity contribution in [3.05, 3.63) is 58.8 Å². The van der Waals surface area contributed by atoms with E-state index in [1.54, 1.807) is 6.07 Å². The van der Waals surface area contributed by atoms with Gasteiger partial charge in [-0.05, 0) is 54.7 Å². The monoisotopic (exact) mass is 449 g/mol. The highest BCUT2D eigenvalue weighted by Gasteiger charge is 2.25. The lowest BCUT2D eigenvalue weighted by Crippen LogP contribution is -2.35. The standard InChI is InChI=1S/C26H31N3O4/c1-4-19-15-21(17(3)14-22(19)30)25-23(24(28-33-25)26(31)27-5-2)20-8-6-18(7-9-20)16-29-10-12-32-13-11-29/h6-9,14-15,30H,4-5,10-13,16H2,1-3H3,(H,27,31).